The fourth-order valence-corrected chi connectivity index (χ4v) is 0.818. The van der Waals surface area contributed by atoms with E-state index in [1.165, 1.54) is 6.92 Å². The predicted molar refractivity (Wildman–Crippen MR) is 51.2 cm³/mol. The van der Waals surface area contributed by atoms with Crippen LogP contribution in [-0.4, -0.2) is 5.78 Å². The Hall–Kier alpha value is -0.830. The molecule has 11 heavy (non-hydrogen) atoms. The molecular formula is C8H10BrNO. The summed E-state index contributed by atoms with van der Waals surface area (Å²) in [6.07, 6.45) is 0. The molecule has 0 saturated heterocycles. The van der Waals surface area contributed by atoms with E-state index in [-0.39, 0.29) is 22.8 Å². The Labute approximate surface area is 76.2 Å². The molecule has 0 spiro atoms. The van der Waals surface area contributed by atoms with Crippen LogP contribution in [0, 0.1) is 0 Å². The molecule has 0 aliphatic heterocycles. The zero-order valence-corrected chi connectivity index (χ0v) is 7.92. The molecule has 0 aliphatic rings. The molecule has 1 rings (SSSR count). The molecule has 0 amide bonds. The number of anilines is 1. The van der Waals surface area contributed by atoms with Crippen molar-refractivity contribution in [1.29, 1.82) is 0 Å². The van der Waals surface area contributed by atoms with Crippen molar-refractivity contribution >= 4 is 28.5 Å². The van der Waals surface area contributed by atoms with Crippen LogP contribution in [0.25, 0.3) is 0 Å². The molecule has 0 radical (unpaired) electrons. The summed E-state index contributed by atoms with van der Waals surface area (Å²) in [6, 6.07) is 7.04. The van der Waals surface area contributed by atoms with Gasteiger partial charge in [0.05, 0.1) is 0 Å². The summed E-state index contributed by atoms with van der Waals surface area (Å²) in [5.74, 6) is 0.0121. The third-order valence-corrected chi connectivity index (χ3v) is 1.34. The number of Topliss-reactive ketones (excluding diaryl/α,β-unsaturated/α-hetero) is 1. The lowest BCUT2D eigenvalue weighted by atomic mass is 10.1. The van der Waals surface area contributed by atoms with Gasteiger partial charge in [0.2, 0.25) is 0 Å². The highest BCUT2D eigenvalue weighted by Gasteiger charge is 2.00. The fraction of sp³-hybridized carbons (Fsp3) is 0.125. The highest BCUT2D eigenvalue weighted by Crippen LogP contribution is 2.09. The van der Waals surface area contributed by atoms with Gasteiger partial charge in [-0.3, -0.25) is 4.79 Å². The number of benzene rings is 1. The van der Waals surface area contributed by atoms with Crippen LogP contribution < -0.4 is 5.73 Å². The third kappa shape index (κ3) is 2.35. The average molecular weight is 216 g/mol. The number of nitrogen functional groups attached to an aromatic ring is 1. The van der Waals surface area contributed by atoms with Gasteiger partial charge in [-0.2, -0.15) is 0 Å². The number of rotatable bonds is 1. The summed E-state index contributed by atoms with van der Waals surface area (Å²) in [4.78, 5) is 10.8. The molecule has 0 heterocycles. The second-order valence-corrected chi connectivity index (χ2v) is 2.14. The quantitative estimate of drug-likeness (QED) is 0.576. The van der Waals surface area contributed by atoms with Crippen LogP contribution in [0.4, 0.5) is 5.69 Å². The zero-order valence-electron chi connectivity index (χ0n) is 6.20. The summed E-state index contributed by atoms with van der Waals surface area (Å²) < 4.78 is 0. The Morgan fingerprint density at radius 2 is 1.91 bits per heavy atom. The average Bonchev–Trinajstić information content (AvgIpc) is 1.88. The number of hydrogen-bond donors (Lipinski definition) is 1. The van der Waals surface area contributed by atoms with Gasteiger partial charge in [-0.25, -0.2) is 0 Å². The smallest absolute Gasteiger partial charge is 0.161 e. The van der Waals surface area contributed by atoms with Crippen LogP contribution in [0.1, 0.15) is 17.3 Å². The maximum Gasteiger partial charge on any atom is 0.161 e. The standard InChI is InChI=1S/C8H9NO.BrH/c1-6(10)7-4-2-3-5-8(7)9;/h2-5H,9H2,1H3;1H. The molecule has 0 atom stereocenters. The summed E-state index contributed by atoms with van der Waals surface area (Å²) in [7, 11) is 0. The molecular weight excluding hydrogens is 206 g/mol. The van der Waals surface area contributed by atoms with Crippen molar-refractivity contribution in [1.82, 2.24) is 0 Å². The van der Waals surface area contributed by atoms with Gasteiger partial charge in [-0.15, -0.1) is 17.0 Å². The fourth-order valence-electron chi connectivity index (χ4n) is 0.818. The van der Waals surface area contributed by atoms with E-state index in [0.717, 1.165) is 0 Å². The maximum atomic E-state index is 10.8. The summed E-state index contributed by atoms with van der Waals surface area (Å²) in [5, 5.41) is 0. The number of para-hydroxylation sites is 1. The number of halogens is 1. The van der Waals surface area contributed by atoms with Gasteiger partial charge in [0, 0.05) is 11.3 Å². The van der Waals surface area contributed by atoms with Gasteiger partial charge >= 0.3 is 0 Å². The van der Waals surface area contributed by atoms with Crippen LogP contribution >= 0.6 is 17.0 Å². The maximum absolute atomic E-state index is 10.8. The number of ketones is 1. The van der Waals surface area contributed by atoms with E-state index < -0.39 is 0 Å². The normalized spacial score (nSPS) is 8.45. The van der Waals surface area contributed by atoms with Crippen molar-refractivity contribution in [3.8, 4) is 0 Å². The van der Waals surface area contributed by atoms with Gasteiger partial charge in [-0.1, -0.05) is 12.1 Å². The second kappa shape index (κ2) is 4.13. The highest BCUT2D eigenvalue weighted by molar-refractivity contribution is 8.93. The molecule has 0 fully saturated rings. The van der Waals surface area contributed by atoms with E-state index in [0.29, 0.717) is 11.3 Å². The number of nitrogens with two attached hydrogens (primary N) is 1. The first-order valence-electron chi connectivity index (χ1n) is 3.07. The van der Waals surface area contributed by atoms with E-state index >= 15 is 0 Å². The molecule has 0 aromatic heterocycles. The van der Waals surface area contributed by atoms with Gasteiger partial charge in [0.25, 0.3) is 0 Å². The molecule has 60 valence electrons. The third-order valence-electron chi connectivity index (χ3n) is 1.34. The molecule has 0 aliphatic carbocycles. The van der Waals surface area contributed by atoms with Crippen molar-refractivity contribution in [3.63, 3.8) is 0 Å². The number of carbonyl (C=O) groups is 1. The minimum Gasteiger partial charge on any atom is -0.398 e. The Morgan fingerprint density at radius 3 is 2.27 bits per heavy atom. The molecule has 0 bridgehead atoms. The van der Waals surface area contributed by atoms with Gasteiger partial charge < -0.3 is 5.73 Å². The molecule has 2 nitrogen and oxygen atoms in total. The molecule has 0 saturated carbocycles. The van der Waals surface area contributed by atoms with Crippen molar-refractivity contribution in [2.75, 3.05) is 5.73 Å². The van der Waals surface area contributed by atoms with E-state index in [9.17, 15) is 4.79 Å². The molecule has 3 heteroatoms. The summed E-state index contributed by atoms with van der Waals surface area (Å²) in [6.45, 7) is 1.51. The Bertz CT molecular complexity index is 260. The number of hydrogen-bond acceptors (Lipinski definition) is 2. The summed E-state index contributed by atoms with van der Waals surface area (Å²) >= 11 is 0. The SMILES string of the molecule is Br.CC(=O)c1ccccc1N. The lowest BCUT2D eigenvalue weighted by Gasteiger charge is -1.97. The van der Waals surface area contributed by atoms with Gasteiger partial charge in [0.1, 0.15) is 0 Å². The number of carbonyl (C=O) groups excluding carboxylic acids is 1. The molecule has 1 aromatic rings. The lowest BCUT2D eigenvalue weighted by molar-refractivity contribution is 0.101. The van der Waals surface area contributed by atoms with Crippen LogP contribution in [-0.2, 0) is 0 Å². The van der Waals surface area contributed by atoms with E-state index in [4.69, 9.17) is 5.73 Å². The Kier molecular flexibility index (Phi) is 3.82. The van der Waals surface area contributed by atoms with Crippen molar-refractivity contribution in [3.05, 3.63) is 29.8 Å². The second-order valence-electron chi connectivity index (χ2n) is 2.14. The van der Waals surface area contributed by atoms with Crippen LogP contribution in [0.3, 0.4) is 0 Å². The van der Waals surface area contributed by atoms with Gasteiger partial charge in [-0.05, 0) is 19.1 Å². The molecule has 2 N–H and O–H groups in total. The first-order valence-corrected chi connectivity index (χ1v) is 3.07. The minimum atomic E-state index is 0. The predicted octanol–water partition coefficient (Wildman–Crippen LogP) is 2.05. The molecule has 1 aromatic carbocycles. The highest BCUT2D eigenvalue weighted by atomic mass is 79.9. The Morgan fingerprint density at radius 1 is 1.36 bits per heavy atom. The van der Waals surface area contributed by atoms with Crippen LogP contribution in [0.15, 0.2) is 24.3 Å². The van der Waals surface area contributed by atoms with E-state index in [1.54, 1.807) is 18.2 Å². The van der Waals surface area contributed by atoms with Crippen molar-refractivity contribution < 1.29 is 4.79 Å². The minimum absolute atomic E-state index is 0. The topological polar surface area (TPSA) is 43.1 Å². The monoisotopic (exact) mass is 215 g/mol. The zero-order chi connectivity index (χ0) is 7.56. The van der Waals surface area contributed by atoms with Crippen molar-refractivity contribution in [2.24, 2.45) is 0 Å². The lowest BCUT2D eigenvalue weighted by Crippen LogP contribution is -1.97. The largest absolute Gasteiger partial charge is 0.398 e. The first kappa shape index (κ1) is 10.2. The van der Waals surface area contributed by atoms with E-state index in [1.807, 2.05) is 6.07 Å². The Balaban J connectivity index is 0.000001000. The van der Waals surface area contributed by atoms with Crippen LogP contribution in [0.5, 0.6) is 0 Å². The first-order chi connectivity index (χ1) is 4.72. The summed E-state index contributed by atoms with van der Waals surface area (Å²) in [5.41, 5.74) is 6.65. The molecule has 0 unspecified atom stereocenters. The van der Waals surface area contributed by atoms with Gasteiger partial charge in [0.15, 0.2) is 5.78 Å². The van der Waals surface area contributed by atoms with Crippen LogP contribution in [0.2, 0.25) is 0 Å². The van der Waals surface area contributed by atoms with Crippen molar-refractivity contribution in [2.45, 2.75) is 6.92 Å². The van der Waals surface area contributed by atoms with E-state index in [2.05, 4.69) is 0 Å².